The lowest BCUT2D eigenvalue weighted by Gasteiger charge is -2.09. The lowest BCUT2D eigenvalue weighted by Crippen LogP contribution is -2.10. The van der Waals surface area contributed by atoms with Gasteiger partial charge in [0.1, 0.15) is 10.7 Å². The predicted molar refractivity (Wildman–Crippen MR) is 98.3 cm³/mol. The number of aryl methyl sites for hydroxylation is 1. The molecule has 0 saturated heterocycles. The maximum Gasteiger partial charge on any atom is 0.433 e. The van der Waals surface area contributed by atoms with Crippen LogP contribution in [0.5, 0.6) is 0 Å². The van der Waals surface area contributed by atoms with Crippen molar-refractivity contribution < 1.29 is 17.6 Å². The summed E-state index contributed by atoms with van der Waals surface area (Å²) in [7, 11) is 0. The molecule has 148 valence electrons. The highest BCUT2D eigenvalue weighted by Gasteiger charge is 2.34. The van der Waals surface area contributed by atoms with Crippen LogP contribution in [0.1, 0.15) is 22.3 Å². The molecular weight excluding hydrogens is 425 g/mol. The van der Waals surface area contributed by atoms with Gasteiger partial charge >= 0.3 is 6.18 Å². The third-order valence-electron chi connectivity index (χ3n) is 3.57. The van der Waals surface area contributed by atoms with Crippen molar-refractivity contribution in [2.45, 2.75) is 29.8 Å². The maximum absolute atomic E-state index is 13.3. The van der Waals surface area contributed by atoms with Crippen molar-refractivity contribution >= 4 is 23.1 Å². The van der Waals surface area contributed by atoms with Gasteiger partial charge in [-0.1, -0.05) is 0 Å². The molecule has 0 aromatic carbocycles. The van der Waals surface area contributed by atoms with Crippen LogP contribution in [0, 0.1) is 6.92 Å². The van der Waals surface area contributed by atoms with Gasteiger partial charge in [-0.25, -0.2) is 15.0 Å². The Hall–Kier alpha value is -2.86. The normalized spacial score (nSPS) is 11.7. The van der Waals surface area contributed by atoms with E-state index in [1.165, 1.54) is 35.9 Å². The molecule has 0 aliphatic rings. The molecule has 4 aromatic heterocycles. The second-order valence-corrected chi connectivity index (χ2v) is 7.78. The molecule has 0 amide bonds. The Balaban J connectivity index is 1.61. The molecular formula is C17H11F3N6OS2. The average Bonchev–Trinajstić information content (AvgIpc) is 3.30. The summed E-state index contributed by atoms with van der Waals surface area (Å²) in [5.74, 6) is 0.250. The minimum absolute atomic E-state index is 0.0406. The molecule has 0 spiro atoms. The van der Waals surface area contributed by atoms with E-state index in [1.807, 2.05) is 12.3 Å². The number of halogens is 3. The number of aromatic nitrogens is 6. The number of hydrogen-bond acceptors (Lipinski definition) is 9. The van der Waals surface area contributed by atoms with Crippen LogP contribution in [-0.4, -0.2) is 30.1 Å². The monoisotopic (exact) mass is 436 g/mol. The van der Waals surface area contributed by atoms with Crippen LogP contribution in [0.3, 0.4) is 0 Å². The topological polar surface area (TPSA) is 90.5 Å². The van der Waals surface area contributed by atoms with Crippen LogP contribution < -0.4 is 0 Å². The molecule has 0 fully saturated rings. The first-order valence-corrected chi connectivity index (χ1v) is 9.84. The first-order valence-electron chi connectivity index (χ1n) is 8.15. The van der Waals surface area contributed by atoms with E-state index in [4.69, 9.17) is 4.42 Å². The van der Waals surface area contributed by atoms with Crippen molar-refractivity contribution in [3.63, 3.8) is 0 Å². The molecule has 0 bridgehead atoms. The van der Waals surface area contributed by atoms with Gasteiger partial charge in [-0.3, -0.25) is 4.98 Å². The van der Waals surface area contributed by atoms with Gasteiger partial charge < -0.3 is 4.42 Å². The highest BCUT2D eigenvalue weighted by Crippen LogP contribution is 2.34. The van der Waals surface area contributed by atoms with Crippen LogP contribution in [0.4, 0.5) is 13.2 Å². The number of pyridine rings is 1. The van der Waals surface area contributed by atoms with E-state index in [0.717, 1.165) is 28.5 Å². The molecule has 29 heavy (non-hydrogen) atoms. The fourth-order valence-electron chi connectivity index (χ4n) is 2.34. The standard InChI is InChI=1S/C17H11F3N6OS2/c1-9-22-11(8-28-9)6-13-25-26-16(27-13)29-14-7-12(17(18,19)20)23-15(24-14)10-2-4-21-5-3-10/h2-5,7-8H,6H2,1H3. The second kappa shape index (κ2) is 7.87. The van der Waals surface area contributed by atoms with Crippen molar-refractivity contribution in [1.29, 1.82) is 0 Å². The Morgan fingerprint density at radius 2 is 1.90 bits per heavy atom. The third kappa shape index (κ3) is 4.77. The zero-order valence-corrected chi connectivity index (χ0v) is 16.3. The SMILES string of the molecule is Cc1nc(Cc2nnc(Sc3cc(C(F)(F)F)nc(-c4ccncc4)n3)o2)cs1. The van der Waals surface area contributed by atoms with E-state index in [0.29, 0.717) is 17.9 Å². The van der Waals surface area contributed by atoms with E-state index >= 15 is 0 Å². The number of rotatable bonds is 5. The Morgan fingerprint density at radius 3 is 2.59 bits per heavy atom. The zero-order valence-electron chi connectivity index (χ0n) is 14.7. The van der Waals surface area contributed by atoms with E-state index < -0.39 is 11.9 Å². The first-order chi connectivity index (χ1) is 13.9. The summed E-state index contributed by atoms with van der Waals surface area (Å²) in [6.07, 6.45) is -1.37. The summed E-state index contributed by atoms with van der Waals surface area (Å²) in [6, 6.07) is 3.91. The van der Waals surface area contributed by atoms with Gasteiger partial charge in [0, 0.05) is 29.4 Å². The third-order valence-corrected chi connectivity index (χ3v) is 5.15. The Labute approximate surface area is 170 Å². The smallest absolute Gasteiger partial charge is 0.415 e. The van der Waals surface area contributed by atoms with E-state index in [9.17, 15) is 13.2 Å². The second-order valence-electron chi connectivity index (χ2n) is 5.75. The van der Waals surface area contributed by atoms with Crippen molar-refractivity contribution in [1.82, 2.24) is 30.1 Å². The molecule has 4 rings (SSSR count). The van der Waals surface area contributed by atoms with Crippen LogP contribution in [0.15, 0.2) is 50.6 Å². The minimum Gasteiger partial charge on any atom is -0.415 e. The Bertz CT molecular complexity index is 1130. The maximum atomic E-state index is 13.3. The summed E-state index contributed by atoms with van der Waals surface area (Å²) in [6.45, 7) is 1.89. The highest BCUT2D eigenvalue weighted by atomic mass is 32.2. The van der Waals surface area contributed by atoms with Crippen LogP contribution in [0.2, 0.25) is 0 Å². The fraction of sp³-hybridized carbons (Fsp3) is 0.176. The lowest BCUT2D eigenvalue weighted by atomic mass is 10.2. The van der Waals surface area contributed by atoms with Gasteiger partial charge in [0.2, 0.25) is 5.89 Å². The van der Waals surface area contributed by atoms with Crippen LogP contribution >= 0.6 is 23.1 Å². The van der Waals surface area contributed by atoms with Gasteiger partial charge in [0.25, 0.3) is 5.22 Å². The summed E-state index contributed by atoms with van der Waals surface area (Å²) in [5.41, 5.74) is 0.145. The largest absolute Gasteiger partial charge is 0.433 e. The van der Waals surface area contributed by atoms with Gasteiger partial charge in [0.05, 0.1) is 17.1 Å². The molecule has 4 aromatic rings. The minimum atomic E-state index is -4.62. The summed E-state index contributed by atoms with van der Waals surface area (Å²) in [5, 5.41) is 10.7. The Kier molecular flexibility index (Phi) is 5.28. The van der Waals surface area contributed by atoms with Gasteiger partial charge in [0.15, 0.2) is 5.82 Å². The van der Waals surface area contributed by atoms with E-state index in [-0.39, 0.29) is 16.1 Å². The molecule has 0 N–H and O–H groups in total. The molecule has 7 nitrogen and oxygen atoms in total. The molecule has 4 heterocycles. The van der Waals surface area contributed by atoms with Crippen LogP contribution in [0.25, 0.3) is 11.4 Å². The molecule has 0 saturated carbocycles. The van der Waals surface area contributed by atoms with E-state index in [2.05, 4.69) is 30.1 Å². The molecule has 0 unspecified atom stereocenters. The molecule has 0 aliphatic carbocycles. The number of nitrogens with zero attached hydrogens (tertiary/aromatic N) is 6. The van der Waals surface area contributed by atoms with Gasteiger partial charge in [-0.15, -0.1) is 21.5 Å². The summed E-state index contributed by atoms with van der Waals surface area (Å²) >= 11 is 2.34. The average molecular weight is 436 g/mol. The highest BCUT2D eigenvalue weighted by molar-refractivity contribution is 7.99. The predicted octanol–water partition coefficient (Wildman–Crippen LogP) is 4.45. The van der Waals surface area contributed by atoms with Crippen molar-refractivity contribution in [3.05, 3.63) is 58.3 Å². The molecule has 0 aliphatic heterocycles. The zero-order chi connectivity index (χ0) is 20.4. The number of thiazole rings is 1. The van der Waals surface area contributed by atoms with E-state index in [1.54, 1.807) is 0 Å². The van der Waals surface area contributed by atoms with Crippen molar-refractivity contribution in [3.8, 4) is 11.4 Å². The summed E-state index contributed by atoms with van der Waals surface area (Å²) < 4.78 is 45.4. The van der Waals surface area contributed by atoms with Gasteiger partial charge in [-0.2, -0.15) is 13.2 Å². The van der Waals surface area contributed by atoms with Crippen molar-refractivity contribution in [2.24, 2.45) is 0 Å². The lowest BCUT2D eigenvalue weighted by molar-refractivity contribution is -0.141. The van der Waals surface area contributed by atoms with Crippen LogP contribution in [-0.2, 0) is 12.6 Å². The fourth-order valence-corrected chi connectivity index (χ4v) is 3.65. The van der Waals surface area contributed by atoms with Crippen molar-refractivity contribution in [2.75, 3.05) is 0 Å². The number of alkyl halides is 3. The van der Waals surface area contributed by atoms with Gasteiger partial charge in [-0.05, 0) is 30.8 Å². The number of hydrogen-bond donors (Lipinski definition) is 0. The molecule has 0 atom stereocenters. The molecule has 12 heteroatoms. The first kappa shape index (κ1) is 19.5. The Morgan fingerprint density at radius 1 is 1.10 bits per heavy atom. The molecule has 0 radical (unpaired) electrons. The quantitative estimate of drug-likeness (QED) is 0.424. The summed E-state index contributed by atoms with van der Waals surface area (Å²) in [4.78, 5) is 16.0.